The average molecular weight is 432 g/mol. The number of hydrogen-bond donors (Lipinski definition) is 0. The zero-order chi connectivity index (χ0) is 21.3. The molecule has 0 saturated carbocycles. The fraction of sp³-hybridized carbons (Fsp3) is 0.318. The normalized spacial score (nSPS) is 17.5. The van der Waals surface area contributed by atoms with Crippen LogP contribution in [0.3, 0.4) is 0 Å². The highest BCUT2D eigenvalue weighted by Gasteiger charge is 2.30. The molecule has 2 aliphatic rings. The molecule has 4 rings (SSSR count). The molecule has 5 nitrogen and oxygen atoms in total. The minimum atomic E-state index is -3.62. The van der Waals surface area contributed by atoms with E-state index in [1.54, 1.807) is 12.1 Å². The molecule has 1 fully saturated rings. The maximum absolute atomic E-state index is 13.7. The fourth-order valence-corrected chi connectivity index (χ4v) is 5.41. The standard InChI is InChI=1S/C22H22F2N2O3S/c23-20-5-2-6-21(24)19(20)9-10-22(27)25-11-13-26(14-12-25)30(28,29)18-8-7-16-3-1-4-17(16)15-18/h2,5-10,15H,1,3-4,11-14H2/b10-9+. The van der Waals surface area contributed by atoms with E-state index in [0.717, 1.165) is 49.1 Å². The summed E-state index contributed by atoms with van der Waals surface area (Å²) in [4.78, 5) is 14.1. The fourth-order valence-electron chi connectivity index (χ4n) is 3.94. The first-order valence-electron chi connectivity index (χ1n) is 9.89. The Labute approximate surface area is 174 Å². The van der Waals surface area contributed by atoms with Gasteiger partial charge in [-0.3, -0.25) is 4.79 Å². The van der Waals surface area contributed by atoms with E-state index in [1.807, 2.05) is 6.07 Å². The quantitative estimate of drug-likeness (QED) is 0.698. The van der Waals surface area contributed by atoms with Gasteiger partial charge in [-0.05, 0) is 60.7 Å². The van der Waals surface area contributed by atoms with Crippen molar-refractivity contribution in [1.29, 1.82) is 0 Å². The second kappa shape index (κ2) is 8.28. The van der Waals surface area contributed by atoms with Crippen LogP contribution in [0.1, 0.15) is 23.1 Å². The maximum Gasteiger partial charge on any atom is 0.246 e. The highest BCUT2D eigenvalue weighted by atomic mass is 32.2. The Kier molecular flexibility index (Phi) is 5.71. The summed E-state index contributed by atoms with van der Waals surface area (Å²) < 4.78 is 54.7. The topological polar surface area (TPSA) is 57.7 Å². The molecule has 2 aromatic rings. The molecule has 0 bridgehead atoms. The van der Waals surface area contributed by atoms with Crippen molar-refractivity contribution in [2.24, 2.45) is 0 Å². The third-order valence-corrected chi connectivity index (χ3v) is 7.54. The van der Waals surface area contributed by atoms with Crippen molar-refractivity contribution < 1.29 is 22.0 Å². The maximum atomic E-state index is 13.7. The molecule has 0 radical (unpaired) electrons. The van der Waals surface area contributed by atoms with Crippen molar-refractivity contribution in [3.8, 4) is 0 Å². The van der Waals surface area contributed by atoms with Crippen LogP contribution >= 0.6 is 0 Å². The van der Waals surface area contributed by atoms with Crippen molar-refractivity contribution in [2.45, 2.75) is 24.2 Å². The minimum Gasteiger partial charge on any atom is -0.337 e. The van der Waals surface area contributed by atoms with Crippen molar-refractivity contribution in [2.75, 3.05) is 26.2 Å². The highest BCUT2D eigenvalue weighted by Crippen LogP contribution is 2.26. The first-order valence-corrected chi connectivity index (χ1v) is 11.3. The number of benzene rings is 2. The number of nitrogens with zero attached hydrogens (tertiary/aromatic N) is 2. The first-order chi connectivity index (χ1) is 14.4. The number of hydrogen-bond acceptors (Lipinski definition) is 3. The molecule has 158 valence electrons. The van der Waals surface area contributed by atoms with Crippen LogP contribution in [-0.2, 0) is 27.7 Å². The molecular weight excluding hydrogens is 410 g/mol. The molecule has 0 aromatic heterocycles. The van der Waals surface area contributed by atoms with E-state index < -0.39 is 27.6 Å². The largest absolute Gasteiger partial charge is 0.337 e. The molecule has 1 amide bonds. The Morgan fingerprint density at radius 1 is 0.933 bits per heavy atom. The summed E-state index contributed by atoms with van der Waals surface area (Å²) >= 11 is 0. The minimum absolute atomic E-state index is 0.174. The number of sulfonamides is 1. The van der Waals surface area contributed by atoms with Gasteiger partial charge in [-0.25, -0.2) is 17.2 Å². The summed E-state index contributed by atoms with van der Waals surface area (Å²) in [6.45, 7) is 0.778. The van der Waals surface area contributed by atoms with Crippen LogP contribution in [-0.4, -0.2) is 49.7 Å². The van der Waals surface area contributed by atoms with E-state index in [1.165, 1.54) is 20.8 Å². The molecule has 1 aliphatic heterocycles. The number of aryl methyl sites for hydroxylation is 2. The van der Waals surface area contributed by atoms with E-state index in [4.69, 9.17) is 0 Å². The van der Waals surface area contributed by atoms with Crippen LogP contribution < -0.4 is 0 Å². The number of fused-ring (bicyclic) bond motifs is 1. The predicted octanol–water partition coefficient (Wildman–Crippen LogP) is 3.00. The van der Waals surface area contributed by atoms with Gasteiger partial charge in [-0.2, -0.15) is 4.31 Å². The molecule has 8 heteroatoms. The predicted molar refractivity (Wildman–Crippen MR) is 109 cm³/mol. The molecule has 2 aromatic carbocycles. The zero-order valence-corrected chi connectivity index (χ0v) is 17.2. The van der Waals surface area contributed by atoms with Gasteiger partial charge in [-0.1, -0.05) is 12.1 Å². The third kappa shape index (κ3) is 4.02. The van der Waals surface area contributed by atoms with E-state index in [-0.39, 0.29) is 36.6 Å². The molecule has 1 aliphatic carbocycles. The van der Waals surface area contributed by atoms with Crippen molar-refractivity contribution in [3.05, 3.63) is 70.8 Å². The van der Waals surface area contributed by atoms with Crippen molar-refractivity contribution in [1.82, 2.24) is 9.21 Å². The van der Waals surface area contributed by atoms with Crippen molar-refractivity contribution in [3.63, 3.8) is 0 Å². The van der Waals surface area contributed by atoms with Crippen LogP contribution in [0.2, 0.25) is 0 Å². The van der Waals surface area contributed by atoms with Gasteiger partial charge >= 0.3 is 0 Å². The number of carbonyl (C=O) groups is 1. The van der Waals surface area contributed by atoms with Gasteiger partial charge in [0.15, 0.2) is 0 Å². The SMILES string of the molecule is O=C(/C=C/c1c(F)cccc1F)N1CCN(S(=O)(=O)c2ccc3c(c2)CCC3)CC1. The van der Waals surface area contributed by atoms with Crippen LogP contribution in [0.5, 0.6) is 0 Å². The van der Waals surface area contributed by atoms with E-state index in [9.17, 15) is 22.0 Å². The van der Waals surface area contributed by atoms with Gasteiger partial charge < -0.3 is 4.90 Å². The lowest BCUT2D eigenvalue weighted by atomic mass is 10.1. The van der Waals surface area contributed by atoms with Crippen LogP contribution in [0.4, 0.5) is 8.78 Å². The first kappa shape index (κ1) is 20.7. The Bertz CT molecular complexity index is 1090. The number of rotatable bonds is 4. The van der Waals surface area contributed by atoms with Gasteiger partial charge in [0.2, 0.25) is 15.9 Å². The molecular formula is C22H22F2N2O3S. The smallest absolute Gasteiger partial charge is 0.246 e. The van der Waals surface area contributed by atoms with E-state index in [0.29, 0.717) is 0 Å². The Hall–Kier alpha value is -2.58. The molecule has 0 N–H and O–H groups in total. The summed E-state index contributed by atoms with van der Waals surface area (Å²) in [5.74, 6) is -1.90. The average Bonchev–Trinajstić information content (AvgIpc) is 3.21. The third-order valence-electron chi connectivity index (χ3n) is 5.65. The molecule has 0 unspecified atom stereocenters. The lowest BCUT2D eigenvalue weighted by Gasteiger charge is -2.33. The summed E-state index contributed by atoms with van der Waals surface area (Å²) in [6, 6.07) is 8.81. The number of piperazine rings is 1. The summed E-state index contributed by atoms with van der Waals surface area (Å²) in [7, 11) is -3.62. The van der Waals surface area contributed by atoms with Crippen LogP contribution in [0.15, 0.2) is 47.4 Å². The van der Waals surface area contributed by atoms with Gasteiger partial charge in [0, 0.05) is 37.8 Å². The van der Waals surface area contributed by atoms with E-state index >= 15 is 0 Å². The molecule has 0 atom stereocenters. The second-order valence-corrected chi connectivity index (χ2v) is 9.42. The van der Waals surface area contributed by atoms with Gasteiger partial charge in [0.1, 0.15) is 11.6 Å². The van der Waals surface area contributed by atoms with Gasteiger partial charge in [0.25, 0.3) is 0 Å². The lowest BCUT2D eigenvalue weighted by Crippen LogP contribution is -2.50. The van der Waals surface area contributed by atoms with E-state index in [2.05, 4.69) is 0 Å². The van der Waals surface area contributed by atoms with Crippen LogP contribution in [0.25, 0.3) is 6.08 Å². The Morgan fingerprint density at radius 3 is 2.30 bits per heavy atom. The monoisotopic (exact) mass is 432 g/mol. The summed E-state index contributed by atoms with van der Waals surface area (Å²) in [6.07, 6.45) is 5.16. The zero-order valence-electron chi connectivity index (χ0n) is 16.4. The van der Waals surface area contributed by atoms with Crippen LogP contribution in [0, 0.1) is 11.6 Å². The summed E-state index contributed by atoms with van der Waals surface area (Å²) in [5, 5.41) is 0. The lowest BCUT2D eigenvalue weighted by molar-refractivity contribution is -0.127. The molecule has 30 heavy (non-hydrogen) atoms. The van der Waals surface area contributed by atoms with Gasteiger partial charge in [0.05, 0.1) is 4.90 Å². The Balaban J connectivity index is 1.41. The number of carbonyl (C=O) groups excluding carboxylic acids is 1. The summed E-state index contributed by atoms with van der Waals surface area (Å²) in [5.41, 5.74) is 2.03. The van der Waals surface area contributed by atoms with Crippen molar-refractivity contribution >= 4 is 22.0 Å². The van der Waals surface area contributed by atoms with Gasteiger partial charge in [-0.15, -0.1) is 0 Å². The number of amides is 1. The second-order valence-electron chi connectivity index (χ2n) is 7.48. The number of halogens is 2. The Morgan fingerprint density at radius 2 is 1.60 bits per heavy atom. The molecule has 1 heterocycles. The molecule has 0 spiro atoms. The molecule has 1 saturated heterocycles. The highest BCUT2D eigenvalue weighted by molar-refractivity contribution is 7.89.